The van der Waals surface area contributed by atoms with Crippen molar-refractivity contribution < 1.29 is 13.7 Å². The number of nitro groups is 1. The van der Waals surface area contributed by atoms with Crippen LogP contribution in [0.3, 0.4) is 0 Å². The molecule has 0 spiro atoms. The summed E-state index contributed by atoms with van der Waals surface area (Å²) >= 11 is -2.13. The Hall–Kier alpha value is -1.15. The van der Waals surface area contributed by atoms with E-state index in [1.807, 2.05) is 0 Å². The van der Waals surface area contributed by atoms with Gasteiger partial charge in [-0.25, -0.2) is 0 Å². The highest BCUT2D eigenvalue weighted by Crippen LogP contribution is 1.82. The van der Waals surface area contributed by atoms with Crippen LogP contribution in [0.25, 0.3) is 0 Å². The van der Waals surface area contributed by atoms with Gasteiger partial charge in [-0.2, -0.15) is 0 Å². The second kappa shape index (κ2) is 6.38. The minimum Gasteiger partial charge on any atom is -0.772 e. The third-order valence-corrected chi connectivity index (χ3v) is 1.63. The van der Waals surface area contributed by atoms with Crippen molar-refractivity contribution in [2.24, 2.45) is 0 Å². The molecule has 0 aliphatic rings. The van der Waals surface area contributed by atoms with Gasteiger partial charge in [0.1, 0.15) is 0 Å². The van der Waals surface area contributed by atoms with Crippen molar-refractivity contribution in [2.45, 2.75) is 0 Å². The van der Waals surface area contributed by atoms with E-state index in [1.165, 1.54) is 7.05 Å². The highest BCUT2D eigenvalue weighted by Gasteiger charge is 1.98. The third-order valence-electron chi connectivity index (χ3n) is 1.09. The maximum atomic E-state index is 10.1. The van der Waals surface area contributed by atoms with E-state index in [1.54, 1.807) is 0 Å². The molecule has 0 heterocycles. The molecular formula is C5H10N3O4S-. The lowest BCUT2D eigenvalue weighted by atomic mass is 10.6. The molecular weight excluding hydrogens is 198 g/mol. The van der Waals surface area contributed by atoms with E-state index in [4.69, 9.17) is 0 Å². The summed E-state index contributed by atoms with van der Waals surface area (Å²) in [5, 5.41) is 15.1. The zero-order valence-electron chi connectivity index (χ0n) is 6.98. The number of hydrogen-bond donors (Lipinski definition) is 2. The van der Waals surface area contributed by atoms with Gasteiger partial charge >= 0.3 is 0 Å². The second-order valence-corrected chi connectivity index (χ2v) is 3.03. The van der Waals surface area contributed by atoms with Crippen LogP contribution in [-0.4, -0.2) is 33.0 Å². The van der Waals surface area contributed by atoms with Crippen LogP contribution >= 0.6 is 0 Å². The molecule has 0 rings (SSSR count). The minimum absolute atomic E-state index is 0.0866. The number of hydrogen-bond acceptors (Lipinski definition) is 6. The van der Waals surface area contributed by atoms with Gasteiger partial charge in [-0.3, -0.25) is 14.3 Å². The predicted molar refractivity (Wildman–Crippen MR) is 45.9 cm³/mol. The number of rotatable bonds is 6. The van der Waals surface area contributed by atoms with Gasteiger partial charge in [0.25, 0.3) is 6.20 Å². The second-order valence-electron chi connectivity index (χ2n) is 2.01. The van der Waals surface area contributed by atoms with Crippen molar-refractivity contribution in [1.82, 2.24) is 10.6 Å². The molecule has 0 aliphatic heterocycles. The van der Waals surface area contributed by atoms with E-state index >= 15 is 0 Å². The summed E-state index contributed by atoms with van der Waals surface area (Å²) in [6.45, 7) is 0.136. The molecule has 0 bridgehead atoms. The summed E-state index contributed by atoms with van der Waals surface area (Å²) in [7, 11) is 1.50. The van der Waals surface area contributed by atoms with Crippen LogP contribution in [0.15, 0.2) is 12.0 Å². The first-order chi connectivity index (χ1) is 6.06. The Kier molecular flexibility index (Phi) is 5.81. The molecule has 0 aromatic heterocycles. The zero-order chi connectivity index (χ0) is 10.3. The Labute approximate surface area is 77.6 Å². The summed E-state index contributed by atoms with van der Waals surface area (Å²) in [6.07, 6.45) is 0.730. The minimum atomic E-state index is -2.13. The van der Waals surface area contributed by atoms with Crippen LogP contribution < -0.4 is 10.6 Å². The normalized spacial score (nSPS) is 13.5. The molecule has 13 heavy (non-hydrogen) atoms. The summed E-state index contributed by atoms with van der Waals surface area (Å²) in [5.41, 5.74) is 0. The van der Waals surface area contributed by atoms with Gasteiger partial charge in [0.15, 0.2) is 5.82 Å². The van der Waals surface area contributed by atoms with E-state index in [9.17, 15) is 18.9 Å². The van der Waals surface area contributed by atoms with Crippen molar-refractivity contribution in [2.75, 3.05) is 19.3 Å². The fourth-order valence-corrected chi connectivity index (χ4v) is 0.842. The highest BCUT2D eigenvalue weighted by atomic mass is 32.2. The van der Waals surface area contributed by atoms with Gasteiger partial charge in [0.05, 0.1) is 4.92 Å². The molecule has 76 valence electrons. The van der Waals surface area contributed by atoms with Crippen LogP contribution in [-0.2, 0) is 11.1 Å². The maximum Gasteiger partial charge on any atom is 0.274 e. The third kappa shape index (κ3) is 7.22. The summed E-state index contributed by atoms with van der Waals surface area (Å²) in [5.74, 6) is 0.0898. The van der Waals surface area contributed by atoms with Crippen LogP contribution in [0.5, 0.6) is 0 Å². The van der Waals surface area contributed by atoms with Crippen LogP contribution in [0.4, 0.5) is 0 Å². The maximum absolute atomic E-state index is 10.1. The molecule has 0 saturated carbocycles. The fraction of sp³-hybridized carbons (Fsp3) is 0.600. The lowest BCUT2D eigenvalue weighted by Gasteiger charge is -2.08. The van der Waals surface area contributed by atoms with Gasteiger partial charge in [-0.05, 0) is 0 Å². The van der Waals surface area contributed by atoms with Gasteiger partial charge < -0.3 is 15.2 Å². The first-order valence-corrected chi connectivity index (χ1v) is 4.63. The molecule has 7 nitrogen and oxygen atoms in total. The standard InChI is InChI=1S/C5H11N3O4S/c1-6-5(4-8(9)10)7-2-3-13(11)12/h4,6-7H,2-3H2,1H3,(H,11,12)/p-1/b5-4+. The molecule has 0 aromatic rings. The number of nitrogens with zero attached hydrogens (tertiary/aromatic N) is 1. The Morgan fingerprint density at radius 2 is 2.31 bits per heavy atom. The molecule has 2 N–H and O–H groups in total. The zero-order valence-corrected chi connectivity index (χ0v) is 7.80. The van der Waals surface area contributed by atoms with E-state index in [-0.39, 0.29) is 18.1 Å². The first kappa shape index (κ1) is 11.8. The largest absolute Gasteiger partial charge is 0.772 e. The Balaban J connectivity index is 3.86. The monoisotopic (exact) mass is 208 g/mol. The lowest BCUT2D eigenvalue weighted by molar-refractivity contribution is -0.404. The van der Waals surface area contributed by atoms with E-state index in [2.05, 4.69) is 10.6 Å². The number of nitrogens with one attached hydrogen (secondary N) is 2. The van der Waals surface area contributed by atoms with Crippen molar-refractivity contribution in [1.29, 1.82) is 0 Å². The average Bonchev–Trinajstić information content (AvgIpc) is 2.01. The molecule has 0 radical (unpaired) electrons. The Bertz CT molecular complexity index is 230. The van der Waals surface area contributed by atoms with Gasteiger partial charge in [0.2, 0.25) is 0 Å². The molecule has 1 atom stereocenters. The van der Waals surface area contributed by atoms with Crippen LogP contribution in [0.2, 0.25) is 0 Å². The lowest BCUT2D eigenvalue weighted by Crippen LogP contribution is -2.27. The van der Waals surface area contributed by atoms with Gasteiger partial charge in [-0.15, -0.1) is 0 Å². The van der Waals surface area contributed by atoms with E-state index < -0.39 is 16.0 Å². The smallest absolute Gasteiger partial charge is 0.274 e. The Morgan fingerprint density at radius 3 is 2.69 bits per heavy atom. The molecule has 0 aliphatic carbocycles. The molecule has 0 fully saturated rings. The van der Waals surface area contributed by atoms with Crippen LogP contribution in [0, 0.1) is 10.1 Å². The van der Waals surface area contributed by atoms with Gasteiger partial charge in [0, 0.05) is 19.3 Å². The molecule has 0 saturated heterocycles. The molecule has 0 amide bonds. The first-order valence-electron chi connectivity index (χ1n) is 3.39. The van der Waals surface area contributed by atoms with Crippen LogP contribution in [0.1, 0.15) is 0 Å². The summed E-state index contributed by atoms with van der Waals surface area (Å²) < 4.78 is 20.2. The fourth-order valence-electron chi connectivity index (χ4n) is 0.573. The molecule has 1 unspecified atom stereocenters. The van der Waals surface area contributed by atoms with Crippen molar-refractivity contribution in [3.63, 3.8) is 0 Å². The molecule has 8 heteroatoms. The topological polar surface area (TPSA) is 107 Å². The summed E-state index contributed by atoms with van der Waals surface area (Å²) in [6, 6.07) is 0. The predicted octanol–water partition coefficient (Wildman–Crippen LogP) is -1.25. The van der Waals surface area contributed by atoms with E-state index in [0.29, 0.717) is 0 Å². The quantitative estimate of drug-likeness (QED) is 0.321. The van der Waals surface area contributed by atoms with Gasteiger partial charge in [-0.1, -0.05) is 11.1 Å². The van der Waals surface area contributed by atoms with Crippen molar-refractivity contribution in [3.05, 3.63) is 22.1 Å². The van der Waals surface area contributed by atoms with Crippen molar-refractivity contribution in [3.8, 4) is 0 Å². The Morgan fingerprint density at radius 1 is 1.69 bits per heavy atom. The SMILES string of the molecule is CN/C(=C\[N+](=O)[O-])NCCS(=O)[O-]. The average molecular weight is 208 g/mol. The highest BCUT2D eigenvalue weighted by molar-refractivity contribution is 7.79. The molecule has 0 aromatic carbocycles. The van der Waals surface area contributed by atoms with E-state index in [0.717, 1.165) is 6.20 Å². The van der Waals surface area contributed by atoms with Crippen molar-refractivity contribution >= 4 is 11.1 Å². The summed E-state index contributed by atoms with van der Waals surface area (Å²) in [4.78, 5) is 9.36.